The van der Waals surface area contributed by atoms with Crippen molar-refractivity contribution >= 4 is 15.8 Å². The number of aromatic nitrogens is 3. The first-order valence-corrected chi connectivity index (χ1v) is 9.21. The van der Waals surface area contributed by atoms with Gasteiger partial charge in [0.1, 0.15) is 10.7 Å². The average molecular weight is 335 g/mol. The molecule has 3 rings (SSSR count). The molecule has 124 valence electrons. The number of piperidine rings is 1. The van der Waals surface area contributed by atoms with Crippen molar-refractivity contribution in [3.05, 3.63) is 36.3 Å². The lowest BCUT2D eigenvalue weighted by Crippen LogP contribution is -2.30. The van der Waals surface area contributed by atoms with E-state index in [2.05, 4.69) is 19.7 Å². The molecule has 0 aliphatic carbocycles. The lowest BCUT2D eigenvalue weighted by molar-refractivity contribution is 0.573. The van der Waals surface area contributed by atoms with Crippen molar-refractivity contribution in [1.82, 2.24) is 19.5 Å². The molecule has 1 fully saturated rings. The van der Waals surface area contributed by atoms with Gasteiger partial charge in [0.2, 0.25) is 10.0 Å². The fraction of sp³-hybridized carbons (Fsp3) is 0.467. The minimum Gasteiger partial charge on any atom is -0.357 e. The summed E-state index contributed by atoms with van der Waals surface area (Å²) in [6.07, 6.45) is 8.23. The van der Waals surface area contributed by atoms with Crippen LogP contribution < -0.4 is 9.62 Å². The van der Waals surface area contributed by atoms with Crippen LogP contribution in [0.3, 0.4) is 0 Å². The van der Waals surface area contributed by atoms with Crippen LogP contribution in [0.25, 0.3) is 0 Å². The molecule has 8 heteroatoms. The van der Waals surface area contributed by atoms with Gasteiger partial charge >= 0.3 is 0 Å². The van der Waals surface area contributed by atoms with Crippen LogP contribution in [0.4, 0.5) is 5.82 Å². The summed E-state index contributed by atoms with van der Waals surface area (Å²) in [6, 6.07) is 3.88. The van der Waals surface area contributed by atoms with Crippen LogP contribution in [-0.2, 0) is 23.6 Å². The zero-order valence-corrected chi connectivity index (χ0v) is 14.0. The molecule has 0 spiro atoms. The predicted molar refractivity (Wildman–Crippen MR) is 87.5 cm³/mol. The van der Waals surface area contributed by atoms with Gasteiger partial charge in [-0.15, -0.1) is 0 Å². The molecule has 7 nitrogen and oxygen atoms in total. The summed E-state index contributed by atoms with van der Waals surface area (Å²) in [5, 5.41) is 3.88. The lowest BCUT2D eigenvalue weighted by atomic mass is 10.1. The van der Waals surface area contributed by atoms with Gasteiger partial charge in [-0.1, -0.05) is 6.07 Å². The lowest BCUT2D eigenvalue weighted by Gasteiger charge is -2.27. The molecule has 0 aromatic carbocycles. The van der Waals surface area contributed by atoms with Crippen molar-refractivity contribution in [2.24, 2.45) is 7.05 Å². The van der Waals surface area contributed by atoms with E-state index >= 15 is 0 Å². The molecular weight excluding hydrogens is 314 g/mol. The Morgan fingerprint density at radius 3 is 2.57 bits per heavy atom. The Bertz CT molecular complexity index is 748. The van der Waals surface area contributed by atoms with E-state index in [4.69, 9.17) is 0 Å². The number of pyridine rings is 1. The fourth-order valence-corrected chi connectivity index (χ4v) is 3.63. The maximum absolute atomic E-state index is 12.1. The van der Waals surface area contributed by atoms with Gasteiger partial charge in [-0.3, -0.25) is 4.68 Å². The van der Waals surface area contributed by atoms with E-state index in [0.29, 0.717) is 0 Å². The largest absolute Gasteiger partial charge is 0.357 e. The number of hydrogen-bond acceptors (Lipinski definition) is 5. The number of hydrogen-bond donors (Lipinski definition) is 1. The van der Waals surface area contributed by atoms with Crippen LogP contribution in [0.1, 0.15) is 24.8 Å². The van der Waals surface area contributed by atoms with Crippen LogP contribution >= 0.6 is 0 Å². The Hall–Kier alpha value is -1.93. The Kier molecular flexibility index (Phi) is 4.63. The standard InChI is InChI=1S/C15H21N5O2S/c1-19-12-14(11-17-19)23(21,22)18-10-13-5-6-15(16-9-13)20-7-3-2-4-8-20/h5-6,9,11-12,18H,2-4,7-8,10H2,1H3. The van der Waals surface area contributed by atoms with Crippen molar-refractivity contribution in [2.45, 2.75) is 30.7 Å². The van der Waals surface area contributed by atoms with E-state index in [0.717, 1.165) is 24.5 Å². The number of rotatable bonds is 5. The minimum absolute atomic E-state index is 0.165. The van der Waals surface area contributed by atoms with Gasteiger partial charge in [0, 0.05) is 39.1 Å². The van der Waals surface area contributed by atoms with Crippen LogP contribution in [0, 0.1) is 0 Å². The Labute approximate surface area is 136 Å². The SMILES string of the molecule is Cn1cc(S(=O)(=O)NCc2ccc(N3CCCCC3)nc2)cn1. The topological polar surface area (TPSA) is 80.1 Å². The molecular formula is C15H21N5O2S. The van der Waals surface area contributed by atoms with Gasteiger partial charge in [0.05, 0.1) is 6.20 Å². The molecule has 0 amide bonds. The number of sulfonamides is 1. The molecule has 1 aliphatic heterocycles. The molecule has 1 saturated heterocycles. The molecule has 0 radical (unpaired) electrons. The molecule has 0 unspecified atom stereocenters. The van der Waals surface area contributed by atoms with Gasteiger partial charge in [-0.05, 0) is 30.9 Å². The number of nitrogens with one attached hydrogen (secondary N) is 1. The van der Waals surface area contributed by atoms with E-state index in [1.807, 2.05) is 12.1 Å². The van der Waals surface area contributed by atoms with Gasteiger partial charge < -0.3 is 4.90 Å². The molecule has 2 aromatic heterocycles. The highest BCUT2D eigenvalue weighted by Crippen LogP contribution is 2.17. The predicted octanol–water partition coefficient (Wildman–Crippen LogP) is 1.28. The van der Waals surface area contributed by atoms with Crippen molar-refractivity contribution in [3.63, 3.8) is 0 Å². The fourth-order valence-electron chi connectivity index (χ4n) is 2.63. The summed E-state index contributed by atoms with van der Waals surface area (Å²) in [5.41, 5.74) is 0.832. The van der Waals surface area contributed by atoms with Crippen LogP contribution in [0.15, 0.2) is 35.6 Å². The molecule has 0 bridgehead atoms. The van der Waals surface area contributed by atoms with Gasteiger partial charge in [0.25, 0.3) is 0 Å². The summed E-state index contributed by atoms with van der Waals surface area (Å²) in [4.78, 5) is 6.89. The number of aryl methyl sites for hydroxylation is 1. The highest BCUT2D eigenvalue weighted by molar-refractivity contribution is 7.89. The summed E-state index contributed by atoms with van der Waals surface area (Å²) in [5.74, 6) is 0.962. The van der Waals surface area contributed by atoms with Crippen molar-refractivity contribution in [1.29, 1.82) is 0 Å². The second kappa shape index (κ2) is 6.67. The third-order valence-corrected chi connectivity index (χ3v) is 5.30. The first kappa shape index (κ1) is 15.9. The summed E-state index contributed by atoms with van der Waals surface area (Å²) in [6.45, 7) is 2.30. The first-order chi connectivity index (χ1) is 11.0. The third-order valence-electron chi connectivity index (χ3n) is 3.95. The Morgan fingerprint density at radius 2 is 1.96 bits per heavy atom. The molecule has 1 N–H and O–H groups in total. The number of anilines is 1. The summed E-state index contributed by atoms with van der Waals surface area (Å²) < 4.78 is 28.3. The third kappa shape index (κ3) is 3.89. The molecule has 1 aliphatic rings. The maximum Gasteiger partial charge on any atom is 0.243 e. The van der Waals surface area contributed by atoms with Gasteiger partial charge in [-0.25, -0.2) is 18.1 Å². The van der Waals surface area contributed by atoms with Crippen molar-refractivity contribution in [3.8, 4) is 0 Å². The van der Waals surface area contributed by atoms with Crippen molar-refractivity contribution in [2.75, 3.05) is 18.0 Å². The Morgan fingerprint density at radius 1 is 1.17 bits per heavy atom. The average Bonchev–Trinajstić information content (AvgIpc) is 3.02. The molecule has 3 heterocycles. The van der Waals surface area contributed by atoms with Gasteiger partial charge in [-0.2, -0.15) is 5.10 Å². The smallest absolute Gasteiger partial charge is 0.243 e. The molecule has 2 aromatic rings. The highest BCUT2D eigenvalue weighted by Gasteiger charge is 2.16. The first-order valence-electron chi connectivity index (χ1n) is 7.73. The van der Waals surface area contributed by atoms with Crippen molar-refractivity contribution < 1.29 is 8.42 Å². The zero-order chi connectivity index (χ0) is 16.3. The van der Waals surface area contributed by atoms with E-state index in [1.54, 1.807) is 13.2 Å². The van der Waals surface area contributed by atoms with E-state index < -0.39 is 10.0 Å². The summed E-state index contributed by atoms with van der Waals surface area (Å²) in [7, 11) is -1.86. The quantitative estimate of drug-likeness (QED) is 0.890. The van der Waals surface area contributed by atoms with Crippen LogP contribution in [0.2, 0.25) is 0 Å². The van der Waals surface area contributed by atoms with E-state index in [-0.39, 0.29) is 11.4 Å². The Balaban J connectivity index is 1.62. The second-order valence-corrected chi connectivity index (χ2v) is 7.51. The zero-order valence-electron chi connectivity index (χ0n) is 13.1. The van der Waals surface area contributed by atoms with Crippen LogP contribution in [-0.4, -0.2) is 36.3 Å². The second-order valence-electron chi connectivity index (χ2n) is 5.75. The van der Waals surface area contributed by atoms with Gasteiger partial charge in [0.15, 0.2) is 0 Å². The monoisotopic (exact) mass is 335 g/mol. The minimum atomic E-state index is -3.54. The summed E-state index contributed by atoms with van der Waals surface area (Å²) >= 11 is 0. The van der Waals surface area contributed by atoms with Crippen LogP contribution in [0.5, 0.6) is 0 Å². The molecule has 23 heavy (non-hydrogen) atoms. The van der Waals surface area contributed by atoms with E-state index in [1.165, 1.54) is 36.3 Å². The van der Waals surface area contributed by atoms with E-state index in [9.17, 15) is 8.42 Å². The highest BCUT2D eigenvalue weighted by atomic mass is 32.2. The number of nitrogens with zero attached hydrogens (tertiary/aromatic N) is 4. The molecule has 0 atom stereocenters. The normalized spacial score (nSPS) is 15.8. The molecule has 0 saturated carbocycles. The maximum atomic E-state index is 12.1.